The number of rotatable bonds is 2. The number of H-pyrrole nitrogens is 1. The summed E-state index contributed by atoms with van der Waals surface area (Å²) >= 11 is 0. The molecule has 1 aliphatic carbocycles. The summed E-state index contributed by atoms with van der Waals surface area (Å²) in [7, 11) is 0. The summed E-state index contributed by atoms with van der Waals surface area (Å²) in [6.45, 7) is 3.74. The van der Waals surface area contributed by atoms with E-state index in [1.165, 1.54) is 0 Å². The molecule has 2 atom stereocenters. The zero-order valence-electron chi connectivity index (χ0n) is 9.62. The van der Waals surface area contributed by atoms with Gasteiger partial charge in [0.2, 0.25) is 0 Å². The molecule has 0 radical (unpaired) electrons. The van der Waals surface area contributed by atoms with Crippen molar-refractivity contribution in [1.82, 2.24) is 15.6 Å². The largest absolute Gasteiger partial charge is 0.348 e. The van der Waals surface area contributed by atoms with Crippen molar-refractivity contribution in [2.24, 2.45) is 11.8 Å². The third-order valence-electron chi connectivity index (χ3n) is 3.69. The average Bonchev–Trinajstić information content (AvgIpc) is 2.74. The number of aryl methyl sites for hydroxylation is 1. The van der Waals surface area contributed by atoms with Gasteiger partial charge in [-0.3, -0.25) is 9.59 Å². The lowest BCUT2D eigenvalue weighted by Gasteiger charge is -2.07. The maximum atomic E-state index is 11.9. The number of amides is 1. The van der Waals surface area contributed by atoms with E-state index in [4.69, 9.17) is 0 Å². The Morgan fingerprint density at radius 1 is 1.35 bits per heavy atom. The minimum Gasteiger partial charge on any atom is -0.348 e. The first-order valence-corrected chi connectivity index (χ1v) is 5.88. The Morgan fingerprint density at radius 3 is 2.71 bits per heavy atom. The van der Waals surface area contributed by atoms with E-state index in [-0.39, 0.29) is 23.1 Å². The van der Waals surface area contributed by atoms with Gasteiger partial charge in [0.05, 0.1) is 0 Å². The Kier molecular flexibility index (Phi) is 2.29. The molecule has 2 heterocycles. The molecule has 0 aromatic carbocycles. The highest BCUT2D eigenvalue weighted by atomic mass is 16.2. The molecule has 3 N–H and O–H groups in total. The average molecular weight is 233 g/mol. The second-order valence-electron chi connectivity index (χ2n) is 4.87. The van der Waals surface area contributed by atoms with Gasteiger partial charge in [-0.25, -0.2) is 0 Å². The molecule has 1 aromatic rings. The van der Waals surface area contributed by atoms with E-state index in [1.807, 2.05) is 0 Å². The lowest BCUT2D eigenvalue weighted by atomic mass is 10.2. The van der Waals surface area contributed by atoms with Gasteiger partial charge in [0.25, 0.3) is 11.5 Å². The summed E-state index contributed by atoms with van der Waals surface area (Å²) in [6.07, 6.45) is 0. The van der Waals surface area contributed by atoms with Gasteiger partial charge in [0.15, 0.2) is 0 Å². The number of hydrogen-bond donors (Lipinski definition) is 3. The third-order valence-corrected chi connectivity index (χ3v) is 3.69. The van der Waals surface area contributed by atoms with Crippen LogP contribution in [0.4, 0.5) is 0 Å². The summed E-state index contributed by atoms with van der Waals surface area (Å²) in [5.74, 6) is 0.859. The molecule has 2 fully saturated rings. The van der Waals surface area contributed by atoms with Crippen molar-refractivity contribution in [1.29, 1.82) is 0 Å². The Bertz CT molecular complexity index is 513. The number of fused-ring (bicyclic) bond motifs is 1. The Balaban J connectivity index is 1.72. The molecule has 1 saturated heterocycles. The van der Waals surface area contributed by atoms with E-state index >= 15 is 0 Å². The molecule has 0 bridgehead atoms. The summed E-state index contributed by atoms with van der Waals surface area (Å²) in [5, 5.41) is 6.20. The Hall–Kier alpha value is -1.62. The Morgan fingerprint density at radius 2 is 2.06 bits per heavy atom. The van der Waals surface area contributed by atoms with Crippen LogP contribution in [0.1, 0.15) is 16.1 Å². The molecule has 1 saturated carbocycles. The number of aromatic nitrogens is 1. The van der Waals surface area contributed by atoms with Crippen LogP contribution in [-0.4, -0.2) is 30.0 Å². The van der Waals surface area contributed by atoms with Gasteiger partial charge in [-0.15, -0.1) is 0 Å². The molecule has 3 rings (SSSR count). The standard InChI is InChI=1S/C12H15N3O2/c1-6-2-3-7(11(16)14-6)12(17)15-10-8-4-13-5-9(8)10/h2-3,8-10,13H,4-5H2,1H3,(H,14,16)(H,15,17). The van der Waals surface area contributed by atoms with Crippen molar-refractivity contribution in [3.8, 4) is 0 Å². The third kappa shape index (κ3) is 1.76. The SMILES string of the molecule is Cc1ccc(C(=O)NC2C3CNCC32)c(=O)[nH]1. The zero-order chi connectivity index (χ0) is 12.0. The van der Waals surface area contributed by atoms with Crippen LogP contribution in [0.15, 0.2) is 16.9 Å². The van der Waals surface area contributed by atoms with Gasteiger partial charge < -0.3 is 15.6 Å². The number of pyridine rings is 1. The number of nitrogens with one attached hydrogen (secondary N) is 3. The predicted molar refractivity (Wildman–Crippen MR) is 62.9 cm³/mol. The molecule has 5 nitrogen and oxygen atoms in total. The van der Waals surface area contributed by atoms with Crippen molar-refractivity contribution >= 4 is 5.91 Å². The van der Waals surface area contributed by atoms with E-state index in [0.717, 1.165) is 18.8 Å². The van der Waals surface area contributed by atoms with Crippen LogP contribution < -0.4 is 16.2 Å². The molecule has 17 heavy (non-hydrogen) atoms. The fourth-order valence-electron chi connectivity index (χ4n) is 2.61. The van der Waals surface area contributed by atoms with Gasteiger partial charge in [0.1, 0.15) is 5.56 Å². The van der Waals surface area contributed by atoms with Crippen LogP contribution in [0, 0.1) is 18.8 Å². The topological polar surface area (TPSA) is 74.0 Å². The molecule has 0 spiro atoms. The quantitative estimate of drug-likeness (QED) is 0.652. The summed E-state index contributed by atoms with van der Waals surface area (Å²) in [4.78, 5) is 26.1. The smallest absolute Gasteiger partial charge is 0.260 e. The first-order valence-electron chi connectivity index (χ1n) is 5.88. The first-order chi connectivity index (χ1) is 8.16. The van der Waals surface area contributed by atoms with Crippen LogP contribution in [0.2, 0.25) is 0 Å². The molecule has 1 aliphatic heterocycles. The van der Waals surface area contributed by atoms with Crippen LogP contribution in [-0.2, 0) is 0 Å². The maximum Gasteiger partial charge on any atom is 0.260 e. The van der Waals surface area contributed by atoms with Gasteiger partial charge in [0, 0.05) is 24.8 Å². The van der Waals surface area contributed by atoms with E-state index in [1.54, 1.807) is 19.1 Å². The molecule has 90 valence electrons. The van der Waals surface area contributed by atoms with Crippen molar-refractivity contribution in [2.45, 2.75) is 13.0 Å². The summed E-state index contributed by atoms with van der Waals surface area (Å²) in [6, 6.07) is 3.58. The molecule has 1 aromatic heterocycles. The fourth-order valence-corrected chi connectivity index (χ4v) is 2.61. The highest BCUT2D eigenvalue weighted by Gasteiger charge is 2.53. The van der Waals surface area contributed by atoms with Crippen LogP contribution >= 0.6 is 0 Å². The number of piperidine rings is 1. The van der Waals surface area contributed by atoms with Gasteiger partial charge in [-0.1, -0.05) is 0 Å². The molecular weight excluding hydrogens is 218 g/mol. The highest BCUT2D eigenvalue weighted by molar-refractivity contribution is 5.94. The molecular formula is C12H15N3O2. The summed E-state index contributed by atoms with van der Waals surface area (Å²) in [5.41, 5.74) is 0.652. The van der Waals surface area contributed by atoms with Crippen molar-refractivity contribution in [3.63, 3.8) is 0 Å². The van der Waals surface area contributed by atoms with Crippen LogP contribution in [0.5, 0.6) is 0 Å². The molecule has 2 aliphatic rings. The minimum atomic E-state index is -0.313. The van der Waals surface area contributed by atoms with Crippen molar-refractivity contribution in [2.75, 3.05) is 13.1 Å². The lowest BCUT2D eigenvalue weighted by Crippen LogP contribution is -2.35. The fraction of sp³-hybridized carbons (Fsp3) is 0.500. The summed E-state index contributed by atoms with van der Waals surface area (Å²) < 4.78 is 0. The number of hydrogen-bond acceptors (Lipinski definition) is 3. The molecule has 1 amide bonds. The Labute approximate surface area is 98.6 Å². The number of carbonyl (C=O) groups is 1. The lowest BCUT2D eigenvalue weighted by molar-refractivity contribution is 0.0945. The van der Waals surface area contributed by atoms with Gasteiger partial charge in [-0.2, -0.15) is 0 Å². The van der Waals surface area contributed by atoms with Gasteiger partial charge >= 0.3 is 0 Å². The molecule has 5 heteroatoms. The van der Waals surface area contributed by atoms with Gasteiger partial charge in [-0.05, 0) is 30.9 Å². The van der Waals surface area contributed by atoms with Crippen LogP contribution in [0.3, 0.4) is 0 Å². The second kappa shape index (κ2) is 3.70. The van der Waals surface area contributed by atoms with E-state index in [0.29, 0.717) is 11.8 Å². The van der Waals surface area contributed by atoms with Crippen molar-refractivity contribution in [3.05, 3.63) is 33.7 Å². The van der Waals surface area contributed by atoms with E-state index in [9.17, 15) is 9.59 Å². The van der Waals surface area contributed by atoms with E-state index < -0.39 is 0 Å². The first kappa shape index (κ1) is 10.5. The number of carbonyl (C=O) groups excluding carboxylic acids is 1. The normalized spacial score (nSPS) is 29.8. The highest BCUT2D eigenvalue weighted by Crippen LogP contribution is 2.41. The maximum absolute atomic E-state index is 11.9. The number of aromatic amines is 1. The zero-order valence-corrected chi connectivity index (χ0v) is 9.62. The molecule has 2 unspecified atom stereocenters. The minimum absolute atomic E-state index is 0.202. The van der Waals surface area contributed by atoms with Crippen LogP contribution in [0.25, 0.3) is 0 Å². The van der Waals surface area contributed by atoms with Crippen molar-refractivity contribution < 1.29 is 4.79 Å². The van der Waals surface area contributed by atoms with E-state index in [2.05, 4.69) is 15.6 Å². The predicted octanol–water partition coefficient (Wildman–Crippen LogP) is -0.369. The second-order valence-corrected chi connectivity index (χ2v) is 4.87. The monoisotopic (exact) mass is 233 g/mol.